The minimum Gasteiger partial charge on any atom is -0.377 e. The first-order valence-corrected chi connectivity index (χ1v) is 6.17. The Morgan fingerprint density at radius 2 is 1.78 bits per heavy atom. The van der Waals surface area contributed by atoms with Gasteiger partial charge in [0.15, 0.2) is 0 Å². The van der Waals surface area contributed by atoms with Crippen molar-refractivity contribution in [3.05, 3.63) is 58.3 Å². The molecule has 2 rings (SSSR count). The summed E-state index contributed by atoms with van der Waals surface area (Å²) < 4.78 is 27.0. The van der Waals surface area contributed by atoms with Crippen molar-refractivity contribution >= 4 is 21.6 Å². The molecule has 0 saturated heterocycles. The van der Waals surface area contributed by atoms with E-state index in [0.717, 1.165) is 16.2 Å². The van der Waals surface area contributed by atoms with Crippen molar-refractivity contribution in [2.45, 2.75) is 13.0 Å². The van der Waals surface area contributed by atoms with Crippen LogP contribution in [0.1, 0.15) is 18.5 Å². The molecule has 0 spiro atoms. The van der Waals surface area contributed by atoms with Crippen molar-refractivity contribution in [1.29, 1.82) is 0 Å². The molecular weight excluding hydrogens is 302 g/mol. The summed E-state index contributed by atoms with van der Waals surface area (Å²) >= 11 is 3.31. The Morgan fingerprint density at radius 1 is 1.11 bits per heavy atom. The Bertz CT molecular complexity index is 540. The minimum absolute atomic E-state index is 0.216. The molecule has 0 aliphatic heterocycles. The Labute approximate surface area is 112 Å². The first-order chi connectivity index (χ1) is 8.54. The van der Waals surface area contributed by atoms with Crippen LogP contribution < -0.4 is 5.32 Å². The number of pyridine rings is 1. The smallest absolute Gasteiger partial charge is 0.126 e. The third-order valence-electron chi connectivity index (χ3n) is 2.47. The molecular formula is C13H11BrF2N2. The fourth-order valence-corrected chi connectivity index (χ4v) is 2.01. The summed E-state index contributed by atoms with van der Waals surface area (Å²) in [6, 6.07) is 5.11. The minimum atomic E-state index is -0.578. The van der Waals surface area contributed by atoms with E-state index in [1.54, 1.807) is 12.4 Å². The van der Waals surface area contributed by atoms with E-state index in [1.165, 1.54) is 12.1 Å². The van der Waals surface area contributed by atoms with Gasteiger partial charge in [-0.1, -0.05) is 0 Å². The molecule has 1 aromatic heterocycles. The summed E-state index contributed by atoms with van der Waals surface area (Å²) in [7, 11) is 0. The van der Waals surface area contributed by atoms with Gasteiger partial charge in [0.1, 0.15) is 11.6 Å². The Kier molecular flexibility index (Phi) is 3.91. The van der Waals surface area contributed by atoms with E-state index >= 15 is 0 Å². The number of nitrogens with one attached hydrogen (secondary N) is 1. The lowest BCUT2D eigenvalue weighted by atomic mass is 10.1. The number of hydrogen-bond donors (Lipinski definition) is 1. The lowest BCUT2D eigenvalue weighted by Gasteiger charge is -2.15. The predicted molar refractivity (Wildman–Crippen MR) is 70.3 cm³/mol. The van der Waals surface area contributed by atoms with Crippen LogP contribution in [0, 0.1) is 11.6 Å². The van der Waals surface area contributed by atoms with Crippen molar-refractivity contribution in [3.63, 3.8) is 0 Å². The van der Waals surface area contributed by atoms with Gasteiger partial charge in [-0.3, -0.25) is 4.98 Å². The van der Waals surface area contributed by atoms with Crippen LogP contribution in [-0.2, 0) is 0 Å². The van der Waals surface area contributed by atoms with Gasteiger partial charge in [-0.25, -0.2) is 8.78 Å². The Balaban J connectivity index is 2.19. The molecule has 1 aromatic carbocycles. The topological polar surface area (TPSA) is 24.9 Å². The van der Waals surface area contributed by atoms with Crippen LogP contribution in [0.4, 0.5) is 14.5 Å². The zero-order valence-electron chi connectivity index (χ0n) is 9.62. The van der Waals surface area contributed by atoms with E-state index in [-0.39, 0.29) is 6.04 Å². The highest BCUT2D eigenvalue weighted by Gasteiger charge is 2.09. The summed E-state index contributed by atoms with van der Waals surface area (Å²) in [5.74, 6) is -1.16. The highest BCUT2D eigenvalue weighted by molar-refractivity contribution is 9.10. The fraction of sp³-hybridized carbons (Fsp3) is 0.154. The van der Waals surface area contributed by atoms with Gasteiger partial charge in [0.25, 0.3) is 0 Å². The van der Waals surface area contributed by atoms with E-state index < -0.39 is 11.6 Å². The van der Waals surface area contributed by atoms with Crippen molar-refractivity contribution in [2.24, 2.45) is 0 Å². The van der Waals surface area contributed by atoms with Crippen molar-refractivity contribution in [1.82, 2.24) is 4.98 Å². The monoisotopic (exact) mass is 312 g/mol. The number of halogens is 3. The normalized spacial score (nSPS) is 12.2. The lowest BCUT2D eigenvalue weighted by molar-refractivity contribution is 0.577. The highest BCUT2D eigenvalue weighted by atomic mass is 79.9. The van der Waals surface area contributed by atoms with Crippen LogP contribution in [-0.4, -0.2) is 4.98 Å². The summed E-state index contributed by atoms with van der Waals surface area (Å²) in [6.07, 6.45) is 3.31. The van der Waals surface area contributed by atoms with Gasteiger partial charge in [-0.15, -0.1) is 0 Å². The van der Waals surface area contributed by atoms with E-state index in [4.69, 9.17) is 0 Å². The van der Waals surface area contributed by atoms with Crippen molar-refractivity contribution in [3.8, 4) is 0 Å². The van der Waals surface area contributed by atoms with E-state index in [1.807, 2.05) is 13.0 Å². The van der Waals surface area contributed by atoms with E-state index in [2.05, 4.69) is 26.2 Å². The van der Waals surface area contributed by atoms with Crippen LogP contribution >= 0.6 is 15.9 Å². The molecule has 18 heavy (non-hydrogen) atoms. The summed E-state index contributed by atoms with van der Waals surface area (Å²) in [6.45, 7) is 1.83. The molecule has 0 amide bonds. The third-order valence-corrected chi connectivity index (χ3v) is 2.91. The molecule has 1 unspecified atom stereocenters. The van der Waals surface area contributed by atoms with Crippen molar-refractivity contribution < 1.29 is 8.78 Å². The average molecular weight is 313 g/mol. The van der Waals surface area contributed by atoms with Gasteiger partial charge in [0, 0.05) is 22.8 Å². The number of aromatic nitrogens is 1. The average Bonchev–Trinajstić information content (AvgIpc) is 2.27. The molecule has 0 bridgehead atoms. The van der Waals surface area contributed by atoms with Crippen LogP contribution in [0.15, 0.2) is 41.1 Å². The predicted octanol–water partition coefficient (Wildman–Crippen LogP) is 4.30. The highest BCUT2D eigenvalue weighted by Crippen LogP contribution is 2.22. The third kappa shape index (κ3) is 3.26. The second kappa shape index (κ2) is 5.44. The van der Waals surface area contributed by atoms with Crippen LogP contribution in [0.2, 0.25) is 0 Å². The van der Waals surface area contributed by atoms with E-state index in [9.17, 15) is 8.78 Å². The zero-order chi connectivity index (χ0) is 13.1. The molecule has 0 fully saturated rings. The number of hydrogen-bond acceptors (Lipinski definition) is 2. The van der Waals surface area contributed by atoms with Gasteiger partial charge in [-0.05, 0) is 46.6 Å². The van der Waals surface area contributed by atoms with Crippen LogP contribution in [0.5, 0.6) is 0 Å². The number of rotatable bonds is 3. The summed E-state index contributed by atoms with van der Waals surface area (Å²) in [5.41, 5.74) is 1.33. The van der Waals surface area contributed by atoms with Gasteiger partial charge in [0.05, 0.1) is 11.9 Å². The van der Waals surface area contributed by atoms with Gasteiger partial charge in [0.2, 0.25) is 0 Å². The SMILES string of the molecule is CC(Nc1cncc(Br)c1)c1cc(F)cc(F)c1. The quantitative estimate of drug-likeness (QED) is 0.914. The van der Waals surface area contributed by atoms with Crippen molar-refractivity contribution in [2.75, 3.05) is 5.32 Å². The van der Waals surface area contributed by atoms with Crippen LogP contribution in [0.3, 0.4) is 0 Å². The molecule has 0 aliphatic carbocycles. The maximum absolute atomic E-state index is 13.1. The summed E-state index contributed by atoms with van der Waals surface area (Å²) in [5, 5.41) is 3.13. The Hall–Kier alpha value is -1.49. The molecule has 1 heterocycles. The first-order valence-electron chi connectivity index (χ1n) is 5.37. The second-order valence-electron chi connectivity index (χ2n) is 3.96. The molecule has 1 atom stereocenters. The largest absolute Gasteiger partial charge is 0.377 e. The molecule has 0 radical (unpaired) electrons. The standard InChI is InChI=1S/C13H11BrF2N2/c1-8(9-2-11(15)5-12(16)3-9)18-13-4-10(14)6-17-7-13/h2-8,18H,1H3. The first kappa shape index (κ1) is 13.0. The van der Waals surface area contributed by atoms with Gasteiger partial charge in [-0.2, -0.15) is 0 Å². The van der Waals surface area contributed by atoms with Gasteiger partial charge < -0.3 is 5.32 Å². The number of benzene rings is 1. The molecule has 1 N–H and O–H groups in total. The van der Waals surface area contributed by atoms with E-state index in [0.29, 0.717) is 5.56 Å². The molecule has 2 nitrogen and oxygen atoms in total. The molecule has 0 aliphatic rings. The second-order valence-corrected chi connectivity index (χ2v) is 4.88. The summed E-state index contributed by atoms with van der Waals surface area (Å²) in [4.78, 5) is 4.01. The molecule has 0 saturated carbocycles. The maximum atomic E-state index is 13.1. The Morgan fingerprint density at radius 3 is 2.39 bits per heavy atom. The fourth-order valence-electron chi connectivity index (χ4n) is 1.65. The lowest BCUT2D eigenvalue weighted by Crippen LogP contribution is -2.07. The number of anilines is 1. The molecule has 2 aromatic rings. The molecule has 94 valence electrons. The molecule has 5 heteroatoms. The maximum Gasteiger partial charge on any atom is 0.126 e. The zero-order valence-corrected chi connectivity index (χ0v) is 11.2. The van der Waals surface area contributed by atoms with Gasteiger partial charge >= 0.3 is 0 Å². The number of nitrogens with zero attached hydrogens (tertiary/aromatic N) is 1. The van der Waals surface area contributed by atoms with Crippen LogP contribution in [0.25, 0.3) is 0 Å².